The Labute approximate surface area is 128 Å². The first-order chi connectivity index (χ1) is 10.0. The molecule has 0 bridgehead atoms. The van der Waals surface area contributed by atoms with E-state index in [0.717, 1.165) is 11.3 Å². The van der Waals surface area contributed by atoms with Gasteiger partial charge in [-0.15, -0.1) is 11.3 Å². The van der Waals surface area contributed by atoms with Crippen molar-refractivity contribution >= 4 is 27.9 Å². The molecule has 1 aromatic carbocycles. The maximum Gasteiger partial charge on any atom is 0.247 e. The fourth-order valence-electron chi connectivity index (χ4n) is 1.92. The summed E-state index contributed by atoms with van der Waals surface area (Å²) >= 11 is 1.35. The molecule has 0 radical (unpaired) electrons. The highest BCUT2D eigenvalue weighted by molar-refractivity contribution is 7.14. The van der Waals surface area contributed by atoms with Crippen LogP contribution in [0.1, 0.15) is 23.6 Å². The zero-order chi connectivity index (χ0) is 15.4. The number of carbonyl (C=O) groups excluding carboxylic acids is 1. The van der Waals surface area contributed by atoms with E-state index >= 15 is 0 Å². The zero-order valence-corrected chi connectivity index (χ0v) is 13.0. The highest BCUT2D eigenvalue weighted by atomic mass is 32.1. The van der Waals surface area contributed by atoms with Crippen molar-refractivity contribution in [2.75, 3.05) is 10.6 Å². The third-order valence-electron chi connectivity index (χ3n) is 3.39. The van der Waals surface area contributed by atoms with Crippen LogP contribution in [0.15, 0.2) is 29.6 Å². The second-order valence-electron chi connectivity index (χ2n) is 4.88. The van der Waals surface area contributed by atoms with Crippen LogP contribution in [0.4, 0.5) is 10.7 Å². The van der Waals surface area contributed by atoms with E-state index in [1.54, 1.807) is 18.4 Å². The second kappa shape index (κ2) is 6.42. The van der Waals surface area contributed by atoms with Crippen LogP contribution in [0.2, 0.25) is 0 Å². The van der Waals surface area contributed by atoms with Gasteiger partial charge in [-0.3, -0.25) is 4.79 Å². The molecule has 0 fully saturated rings. The molecule has 21 heavy (non-hydrogen) atoms. The number of hydrogen-bond donors (Lipinski definition) is 2. The molecule has 2 rings (SSSR count). The van der Waals surface area contributed by atoms with Gasteiger partial charge < -0.3 is 10.6 Å². The number of thiophene rings is 1. The Morgan fingerprint density at radius 2 is 2.10 bits per heavy atom. The number of nitrogens with zero attached hydrogens (tertiary/aromatic N) is 1. The molecule has 1 atom stereocenters. The minimum Gasteiger partial charge on any atom is -0.374 e. The minimum absolute atomic E-state index is 0.158. The van der Waals surface area contributed by atoms with Crippen molar-refractivity contribution < 1.29 is 4.79 Å². The summed E-state index contributed by atoms with van der Waals surface area (Å²) < 4.78 is 0. The van der Waals surface area contributed by atoms with E-state index in [0.29, 0.717) is 10.6 Å². The predicted octanol–water partition coefficient (Wildman–Crippen LogP) is 3.68. The standard InChI is InChI=1S/C16H17N3OS/c1-10-5-4-6-14(11(10)2)18-12(3)15(20)19-16-13(9-17)7-8-21-16/h4-8,12,18H,1-3H3,(H,19,20)/t12-/m0/s1. The van der Waals surface area contributed by atoms with Crippen molar-refractivity contribution in [1.29, 1.82) is 5.26 Å². The number of carbonyl (C=O) groups is 1. The molecule has 0 aliphatic carbocycles. The molecule has 0 aliphatic heterocycles. The molecule has 0 unspecified atom stereocenters. The first-order valence-corrected chi connectivity index (χ1v) is 7.52. The normalized spacial score (nSPS) is 11.5. The van der Waals surface area contributed by atoms with Crippen LogP contribution in [0, 0.1) is 25.2 Å². The van der Waals surface area contributed by atoms with Crippen LogP contribution in [-0.2, 0) is 4.79 Å². The highest BCUT2D eigenvalue weighted by Crippen LogP contribution is 2.23. The van der Waals surface area contributed by atoms with Crippen molar-refractivity contribution in [1.82, 2.24) is 0 Å². The molecule has 0 saturated heterocycles. The highest BCUT2D eigenvalue weighted by Gasteiger charge is 2.16. The van der Waals surface area contributed by atoms with E-state index < -0.39 is 0 Å². The summed E-state index contributed by atoms with van der Waals surface area (Å²) in [5.74, 6) is -0.158. The molecule has 1 aromatic heterocycles. The summed E-state index contributed by atoms with van der Waals surface area (Å²) in [4.78, 5) is 12.2. The number of amides is 1. The molecular weight excluding hydrogens is 282 g/mol. The average Bonchev–Trinajstić information content (AvgIpc) is 2.91. The minimum atomic E-state index is -0.390. The number of nitriles is 1. The largest absolute Gasteiger partial charge is 0.374 e. The lowest BCUT2D eigenvalue weighted by molar-refractivity contribution is -0.116. The number of rotatable bonds is 4. The monoisotopic (exact) mass is 299 g/mol. The van der Waals surface area contributed by atoms with Gasteiger partial charge in [-0.05, 0) is 49.4 Å². The van der Waals surface area contributed by atoms with Crippen molar-refractivity contribution in [3.05, 3.63) is 46.3 Å². The second-order valence-corrected chi connectivity index (χ2v) is 5.79. The SMILES string of the molecule is Cc1cccc(N[C@@H](C)C(=O)Nc2sccc2C#N)c1C. The van der Waals surface area contributed by atoms with Crippen molar-refractivity contribution in [2.24, 2.45) is 0 Å². The lowest BCUT2D eigenvalue weighted by Gasteiger charge is -2.17. The van der Waals surface area contributed by atoms with Gasteiger partial charge in [-0.25, -0.2) is 0 Å². The molecule has 2 N–H and O–H groups in total. The Morgan fingerprint density at radius 3 is 2.81 bits per heavy atom. The quantitative estimate of drug-likeness (QED) is 0.905. The van der Waals surface area contributed by atoms with Crippen LogP contribution in [-0.4, -0.2) is 11.9 Å². The fraction of sp³-hybridized carbons (Fsp3) is 0.250. The number of aryl methyl sites for hydroxylation is 1. The molecule has 0 saturated carbocycles. The van der Waals surface area contributed by atoms with Gasteiger partial charge in [0.15, 0.2) is 0 Å². The van der Waals surface area contributed by atoms with Crippen LogP contribution in [0.25, 0.3) is 0 Å². The fourth-order valence-corrected chi connectivity index (χ4v) is 2.66. The Morgan fingerprint density at radius 1 is 1.33 bits per heavy atom. The van der Waals surface area contributed by atoms with Gasteiger partial charge >= 0.3 is 0 Å². The van der Waals surface area contributed by atoms with Gasteiger partial charge in [0.2, 0.25) is 5.91 Å². The van der Waals surface area contributed by atoms with Gasteiger partial charge in [-0.2, -0.15) is 5.26 Å². The lowest BCUT2D eigenvalue weighted by Crippen LogP contribution is -2.32. The van der Waals surface area contributed by atoms with Gasteiger partial charge in [0.1, 0.15) is 17.1 Å². The molecule has 1 heterocycles. The van der Waals surface area contributed by atoms with Gasteiger partial charge in [0.25, 0.3) is 0 Å². The third-order valence-corrected chi connectivity index (χ3v) is 4.22. The van der Waals surface area contributed by atoms with Gasteiger partial charge in [-0.1, -0.05) is 12.1 Å². The van der Waals surface area contributed by atoms with Crippen LogP contribution >= 0.6 is 11.3 Å². The van der Waals surface area contributed by atoms with Crippen LogP contribution in [0.3, 0.4) is 0 Å². The maximum absolute atomic E-state index is 12.2. The van der Waals surface area contributed by atoms with Crippen LogP contribution < -0.4 is 10.6 Å². The molecule has 0 aliphatic rings. The zero-order valence-electron chi connectivity index (χ0n) is 12.2. The van der Waals surface area contributed by atoms with E-state index in [1.807, 2.05) is 32.0 Å². The van der Waals surface area contributed by atoms with Crippen LogP contribution in [0.5, 0.6) is 0 Å². The molecule has 0 spiro atoms. The average molecular weight is 299 g/mol. The van der Waals surface area contributed by atoms with E-state index in [9.17, 15) is 4.79 Å². The molecule has 1 amide bonds. The molecule has 2 aromatic rings. The topological polar surface area (TPSA) is 64.9 Å². The predicted molar refractivity (Wildman–Crippen MR) is 86.7 cm³/mol. The Balaban J connectivity index is 2.07. The van der Waals surface area contributed by atoms with Crippen molar-refractivity contribution in [3.63, 3.8) is 0 Å². The number of nitrogens with one attached hydrogen (secondary N) is 2. The number of hydrogen-bond acceptors (Lipinski definition) is 4. The summed E-state index contributed by atoms with van der Waals surface area (Å²) in [6.07, 6.45) is 0. The number of anilines is 2. The molecule has 5 heteroatoms. The van der Waals surface area contributed by atoms with E-state index in [1.165, 1.54) is 16.9 Å². The van der Waals surface area contributed by atoms with E-state index in [-0.39, 0.29) is 11.9 Å². The third kappa shape index (κ3) is 3.41. The van der Waals surface area contributed by atoms with E-state index in [2.05, 4.69) is 16.7 Å². The molecule has 4 nitrogen and oxygen atoms in total. The number of benzene rings is 1. The lowest BCUT2D eigenvalue weighted by atomic mass is 10.1. The van der Waals surface area contributed by atoms with Crippen molar-refractivity contribution in [2.45, 2.75) is 26.8 Å². The summed E-state index contributed by atoms with van der Waals surface area (Å²) in [5, 5.41) is 17.3. The first-order valence-electron chi connectivity index (χ1n) is 6.64. The maximum atomic E-state index is 12.2. The van der Waals surface area contributed by atoms with Crippen molar-refractivity contribution in [3.8, 4) is 6.07 Å². The smallest absolute Gasteiger partial charge is 0.247 e. The Hall–Kier alpha value is -2.32. The summed E-state index contributed by atoms with van der Waals surface area (Å²) in [6, 6.07) is 9.32. The molecular formula is C16H17N3OS. The van der Waals surface area contributed by atoms with E-state index in [4.69, 9.17) is 5.26 Å². The van der Waals surface area contributed by atoms with Gasteiger partial charge in [0, 0.05) is 5.69 Å². The summed E-state index contributed by atoms with van der Waals surface area (Å²) in [5.41, 5.74) is 3.75. The summed E-state index contributed by atoms with van der Waals surface area (Å²) in [6.45, 7) is 5.86. The molecule has 108 valence electrons. The summed E-state index contributed by atoms with van der Waals surface area (Å²) in [7, 11) is 0. The van der Waals surface area contributed by atoms with Gasteiger partial charge in [0.05, 0.1) is 5.56 Å². The Kier molecular flexibility index (Phi) is 4.61. The first kappa shape index (κ1) is 15.1. The Bertz CT molecular complexity index is 700.